The lowest BCUT2D eigenvalue weighted by molar-refractivity contribution is 0.629. The van der Waals surface area contributed by atoms with E-state index in [4.69, 9.17) is 10.2 Å². The van der Waals surface area contributed by atoms with E-state index in [9.17, 15) is 0 Å². The highest BCUT2D eigenvalue weighted by molar-refractivity contribution is 7.09. The molecular weight excluding hydrogens is 296 g/mol. The second-order valence-electron chi connectivity index (χ2n) is 5.28. The van der Waals surface area contributed by atoms with Gasteiger partial charge in [-0.15, -0.1) is 11.3 Å². The molecule has 5 nitrogen and oxygen atoms in total. The van der Waals surface area contributed by atoms with Gasteiger partial charge in [0.15, 0.2) is 11.7 Å². The van der Waals surface area contributed by atoms with Gasteiger partial charge >= 0.3 is 0 Å². The van der Waals surface area contributed by atoms with Gasteiger partial charge in [-0.1, -0.05) is 18.2 Å². The molecule has 0 bridgehead atoms. The van der Waals surface area contributed by atoms with E-state index < -0.39 is 0 Å². The summed E-state index contributed by atoms with van der Waals surface area (Å²) in [5, 5.41) is 7.02. The number of hydrogen-bond acceptors (Lipinski definition) is 4. The van der Waals surface area contributed by atoms with Crippen molar-refractivity contribution in [3.05, 3.63) is 40.7 Å². The fourth-order valence-electron chi connectivity index (χ4n) is 2.10. The highest BCUT2D eigenvalue weighted by Gasteiger charge is 2.10. The third-order valence-electron chi connectivity index (χ3n) is 3.05. The van der Waals surface area contributed by atoms with Gasteiger partial charge in [0.1, 0.15) is 16.3 Å². The molecule has 0 radical (unpaired) electrons. The van der Waals surface area contributed by atoms with Crippen molar-refractivity contribution in [2.45, 2.75) is 26.4 Å². The summed E-state index contributed by atoms with van der Waals surface area (Å²) in [6, 6.07) is 10.2. The Morgan fingerprint density at radius 1 is 1.41 bits per heavy atom. The van der Waals surface area contributed by atoms with Crippen molar-refractivity contribution < 1.29 is 4.42 Å². The number of aromatic nitrogens is 1. The Morgan fingerprint density at radius 2 is 2.23 bits per heavy atom. The van der Waals surface area contributed by atoms with Crippen LogP contribution in [0.5, 0.6) is 0 Å². The number of fused-ring (bicyclic) bond motifs is 1. The normalized spacial score (nSPS) is 12.2. The fraction of sp³-hybridized carbons (Fsp3) is 0.250. The third-order valence-corrected chi connectivity index (χ3v) is 3.88. The van der Waals surface area contributed by atoms with E-state index in [0.29, 0.717) is 12.5 Å². The Bertz CT molecular complexity index is 770. The first-order valence-corrected chi connectivity index (χ1v) is 7.99. The first kappa shape index (κ1) is 14.6. The van der Waals surface area contributed by atoms with Crippen molar-refractivity contribution in [1.82, 2.24) is 10.3 Å². The average molecular weight is 314 g/mol. The lowest BCUT2D eigenvalue weighted by atomic mass is 10.2. The van der Waals surface area contributed by atoms with Crippen molar-refractivity contribution in [2.24, 2.45) is 10.7 Å². The van der Waals surface area contributed by atoms with E-state index in [1.807, 2.05) is 49.6 Å². The number of nitrogens with one attached hydrogen (secondary N) is 1. The second kappa shape index (κ2) is 6.19. The number of thiazole rings is 1. The molecule has 2 heterocycles. The minimum atomic E-state index is 0.270. The third kappa shape index (κ3) is 3.28. The molecule has 0 saturated heterocycles. The van der Waals surface area contributed by atoms with E-state index in [-0.39, 0.29) is 6.04 Å². The molecule has 0 amide bonds. The van der Waals surface area contributed by atoms with Gasteiger partial charge in [0.05, 0.1) is 6.54 Å². The van der Waals surface area contributed by atoms with Crippen molar-refractivity contribution >= 4 is 28.3 Å². The molecule has 114 valence electrons. The minimum Gasteiger partial charge on any atom is -0.454 e. The van der Waals surface area contributed by atoms with Gasteiger partial charge in [-0.05, 0) is 26.0 Å². The molecule has 0 spiro atoms. The van der Waals surface area contributed by atoms with Crippen molar-refractivity contribution in [1.29, 1.82) is 0 Å². The van der Waals surface area contributed by atoms with Gasteiger partial charge in [0.2, 0.25) is 0 Å². The number of benzene rings is 1. The van der Waals surface area contributed by atoms with Crippen LogP contribution in [0.15, 0.2) is 45.1 Å². The van der Waals surface area contributed by atoms with Crippen LogP contribution in [0.3, 0.4) is 0 Å². The number of furan rings is 1. The topological polar surface area (TPSA) is 76.4 Å². The Labute approximate surface area is 132 Å². The summed E-state index contributed by atoms with van der Waals surface area (Å²) in [5.41, 5.74) is 7.49. The van der Waals surface area contributed by atoms with E-state index in [1.165, 1.54) is 0 Å². The molecule has 2 aromatic heterocycles. The van der Waals surface area contributed by atoms with Crippen LogP contribution in [0, 0.1) is 0 Å². The second-order valence-corrected chi connectivity index (χ2v) is 6.22. The summed E-state index contributed by atoms with van der Waals surface area (Å²) in [7, 11) is 0. The molecule has 1 aromatic carbocycles. The van der Waals surface area contributed by atoms with E-state index >= 15 is 0 Å². The molecule has 0 unspecified atom stereocenters. The predicted octanol–water partition coefficient (Wildman–Crippen LogP) is 3.37. The SMILES string of the molecule is CC(C)NC(N)=NCc1nc(-c2cc3ccccc3o2)cs1. The number of hydrogen-bond donors (Lipinski definition) is 2. The molecule has 3 rings (SSSR count). The van der Waals surface area contributed by atoms with Gasteiger partial charge in [-0.3, -0.25) is 0 Å². The molecule has 0 aliphatic rings. The lowest BCUT2D eigenvalue weighted by Gasteiger charge is -2.07. The lowest BCUT2D eigenvalue weighted by Crippen LogP contribution is -2.36. The molecule has 0 atom stereocenters. The van der Waals surface area contributed by atoms with Gasteiger partial charge in [0, 0.05) is 16.8 Å². The highest BCUT2D eigenvalue weighted by Crippen LogP contribution is 2.28. The number of nitrogens with zero attached hydrogens (tertiary/aromatic N) is 2. The number of rotatable bonds is 4. The Kier molecular flexibility index (Phi) is 4.11. The maximum Gasteiger partial charge on any atom is 0.189 e. The van der Waals surface area contributed by atoms with Crippen LogP contribution in [0.2, 0.25) is 0 Å². The first-order chi connectivity index (χ1) is 10.6. The van der Waals surface area contributed by atoms with E-state index in [2.05, 4.69) is 15.3 Å². The minimum absolute atomic E-state index is 0.270. The number of para-hydroxylation sites is 1. The van der Waals surface area contributed by atoms with Gasteiger partial charge in [0.25, 0.3) is 0 Å². The summed E-state index contributed by atoms with van der Waals surface area (Å²) in [4.78, 5) is 8.85. The largest absolute Gasteiger partial charge is 0.454 e. The van der Waals surface area contributed by atoms with Crippen molar-refractivity contribution in [3.63, 3.8) is 0 Å². The molecular formula is C16H18N4OS. The average Bonchev–Trinajstić information content (AvgIpc) is 3.10. The van der Waals surface area contributed by atoms with Crippen LogP contribution in [0.4, 0.5) is 0 Å². The van der Waals surface area contributed by atoms with Crippen LogP contribution in [-0.4, -0.2) is 17.0 Å². The van der Waals surface area contributed by atoms with Crippen LogP contribution in [0.1, 0.15) is 18.9 Å². The van der Waals surface area contributed by atoms with Crippen LogP contribution in [0.25, 0.3) is 22.4 Å². The Hall–Kier alpha value is -2.34. The molecule has 0 saturated carbocycles. The maximum absolute atomic E-state index is 5.82. The molecule has 3 aromatic rings. The molecule has 0 aliphatic heterocycles. The van der Waals surface area contributed by atoms with Crippen LogP contribution >= 0.6 is 11.3 Å². The molecule has 3 N–H and O–H groups in total. The summed E-state index contributed by atoms with van der Waals surface area (Å²) >= 11 is 1.55. The van der Waals surface area contributed by atoms with Gasteiger partial charge in [-0.25, -0.2) is 9.98 Å². The quantitative estimate of drug-likeness (QED) is 0.572. The van der Waals surface area contributed by atoms with Gasteiger partial charge in [-0.2, -0.15) is 0 Å². The summed E-state index contributed by atoms with van der Waals surface area (Å²) in [5.74, 6) is 1.22. The number of guanidine groups is 1. The zero-order valence-electron chi connectivity index (χ0n) is 12.5. The van der Waals surface area contributed by atoms with E-state index in [0.717, 1.165) is 27.4 Å². The highest BCUT2D eigenvalue weighted by atomic mass is 32.1. The van der Waals surface area contributed by atoms with Crippen molar-refractivity contribution in [2.75, 3.05) is 0 Å². The monoisotopic (exact) mass is 314 g/mol. The standard InChI is InChI=1S/C16H18N4OS/c1-10(2)19-16(17)18-8-15-20-12(9-22-15)14-7-11-5-3-4-6-13(11)21-14/h3-7,9-10H,8H2,1-2H3,(H3,17,18,19). The number of nitrogens with two attached hydrogens (primary N) is 1. The molecule has 6 heteroatoms. The zero-order chi connectivity index (χ0) is 15.5. The van der Waals surface area contributed by atoms with Crippen LogP contribution < -0.4 is 11.1 Å². The molecule has 0 aliphatic carbocycles. The number of aliphatic imine (C=N–C) groups is 1. The Morgan fingerprint density at radius 3 is 3.00 bits per heavy atom. The molecule has 22 heavy (non-hydrogen) atoms. The summed E-state index contributed by atoms with van der Waals surface area (Å²) < 4.78 is 5.82. The summed E-state index contributed by atoms with van der Waals surface area (Å²) in [6.07, 6.45) is 0. The molecule has 0 fully saturated rings. The van der Waals surface area contributed by atoms with Gasteiger partial charge < -0.3 is 15.5 Å². The zero-order valence-corrected chi connectivity index (χ0v) is 13.4. The summed E-state index contributed by atoms with van der Waals surface area (Å²) in [6.45, 7) is 4.51. The maximum atomic E-state index is 5.82. The smallest absolute Gasteiger partial charge is 0.189 e. The fourth-order valence-corrected chi connectivity index (χ4v) is 2.81. The van der Waals surface area contributed by atoms with Crippen molar-refractivity contribution in [3.8, 4) is 11.5 Å². The van der Waals surface area contributed by atoms with E-state index in [1.54, 1.807) is 11.3 Å². The predicted molar refractivity (Wildman–Crippen MR) is 90.9 cm³/mol. The Balaban J connectivity index is 1.76. The van der Waals surface area contributed by atoms with Crippen LogP contribution in [-0.2, 0) is 6.54 Å². The first-order valence-electron chi connectivity index (χ1n) is 7.11.